The molecule has 0 bridgehead atoms. The van der Waals surface area contributed by atoms with E-state index in [1.807, 2.05) is 0 Å². The van der Waals surface area contributed by atoms with E-state index in [9.17, 15) is 9.90 Å². The molecule has 0 aliphatic heterocycles. The molecule has 0 aliphatic rings. The summed E-state index contributed by atoms with van der Waals surface area (Å²) in [6.45, 7) is 0.00204. The van der Waals surface area contributed by atoms with Crippen LogP contribution in [-0.4, -0.2) is 27.4 Å². The summed E-state index contributed by atoms with van der Waals surface area (Å²) in [5.74, 6) is 0.406. The molecule has 25 heavy (non-hydrogen) atoms. The molecule has 5 nitrogen and oxygen atoms in total. The van der Waals surface area contributed by atoms with E-state index in [0.29, 0.717) is 31.7 Å². The summed E-state index contributed by atoms with van der Waals surface area (Å²) in [7, 11) is 0. The van der Waals surface area contributed by atoms with E-state index in [1.54, 1.807) is 36.4 Å². The first-order chi connectivity index (χ1) is 11.9. The quantitative estimate of drug-likeness (QED) is 0.709. The van der Waals surface area contributed by atoms with Gasteiger partial charge in [0.2, 0.25) is 0 Å². The minimum absolute atomic E-state index is 0.0353. The largest absolute Gasteiger partial charge is 0.489 e. The predicted octanol–water partition coefficient (Wildman–Crippen LogP) is 3.80. The van der Waals surface area contributed by atoms with Crippen LogP contribution >= 0.6 is 34.8 Å². The Morgan fingerprint density at radius 1 is 1.12 bits per heavy atom. The average Bonchev–Trinajstić information content (AvgIpc) is 2.56. The second-order valence-electron chi connectivity index (χ2n) is 5.40. The molecule has 3 aromatic rings. The van der Waals surface area contributed by atoms with Crippen LogP contribution in [0.25, 0.3) is 10.9 Å². The Morgan fingerprint density at radius 3 is 2.60 bits per heavy atom. The maximum atomic E-state index is 12.4. The third-order valence-electron chi connectivity index (χ3n) is 3.52. The second-order valence-corrected chi connectivity index (χ2v) is 6.68. The third-order valence-corrected chi connectivity index (χ3v) is 4.29. The van der Waals surface area contributed by atoms with Gasteiger partial charge in [0.15, 0.2) is 0 Å². The molecule has 0 spiro atoms. The van der Waals surface area contributed by atoms with Gasteiger partial charge < -0.3 is 9.84 Å². The molecule has 0 saturated carbocycles. The van der Waals surface area contributed by atoms with Gasteiger partial charge in [0, 0.05) is 10.0 Å². The number of fused-ring (bicyclic) bond motifs is 1. The van der Waals surface area contributed by atoms with Gasteiger partial charge in [0.25, 0.3) is 5.56 Å². The Morgan fingerprint density at radius 2 is 1.84 bits per heavy atom. The number of rotatable bonds is 5. The lowest BCUT2D eigenvalue weighted by atomic mass is 10.2. The molecule has 0 radical (unpaired) electrons. The van der Waals surface area contributed by atoms with Gasteiger partial charge in [-0.25, -0.2) is 4.98 Å². The van der Waals surface area contributed by atoms with Crippen molar-refractivity contribution in [2.45, 2.75) is 12.6 Å². The molecule has 1 atom stereocenters. The normalized spacial score (nSPS) is 12.3. The molecule has 0 saturated heterocycles. The van der Waals surface area contributed by atoms with Gasteiger partial charge >= 0.3 is 0 Å². The molecule has 1 aromatic heterocycles. The number of ether oxygens (including phenoxy) is 1. The fraction of sp³-hybridized carbons (Fsp3) is 0.176. The maximum Gasteiger partial charge on any atom is 0.261 e. The molecule has 130 valence electrons. The van der Waals surface area contributed by atoms with E-state index >= 15 is 0 Å². The molecule has 1 heterocycles. The highest BCUT2D eigenvalue weighted by molar-refractivity contribution is 6.35. The Kier molecular flexibility index (Phi) is 5.49. The molecule has 8 heteroatoms. The topological polar surface area (TPSA) is 64.4 Å². The number of hydrogen-bond acceptors (Lipinski definition) is 4. The number of aromatic nitrogens is 2. The first kappa shape index (κ1) is 18.0. The Hall–Kier alpha value is -1.79. The molecule has 2 aromatic carbocycles. The molecule has 0 amide bonds. The zero-order valence-corrected chi connectivity index (χ0v) is 15.1. The summed E-state index contributed by atoms with van der Waals surface area (Å²) < 4.78 is 6.80. The minimum Gasteiger partial charge on any atom is -0.489 e. The van der Waals surface area contributed by atoms with Crippen LogP contribution in [0.5, 0.6) is 5.75 Å². The molecular formula is C17H13Cl3N2O3. The minimum atomic E-state index is -0.920. The van der Waals surface area contributed by atoms with Crippen LogP contribution in [0.2, 0.25) is 15.1 Å². The van der Waals surface area contributed by atoms with Crippen molar-refractivity contribution in [3.05, 3.63) is 68.1 Å². The Balaban J connectivity index is 1.71. The van der Waals surface area contributed by atoms with Gasteiger partial charge in [-0.3, -0.25) is 9.36 Å². The smallest absolute Gasteiger partial charge is 0.261 e. The van der Waals surface area contributed by atoms with Crippen LogP contribution < -0.4 is 10.3 Å². The van der Waals surface area contributed by atoms with Crippen LogP contribution in [0.15, 0.2) is 47.5 Å². The van der Waals surface area contributed by atoms with Crippen molar-refractivity contribution < 1.29 is 9.84 Å². The van der Waals surface area contributed by atoms with Gasteiger partial charge in [0.1, 0.15) is 18.5 Å². The fourth-order valence-corrected chi connectivity index (χ4v) is 2.95. The SMILES string of the molecule is O=c1c2ccc(Cl)cc2ncn1CC(O)COc1ccc(Cl)cc1Cl. The predicted molar refractivity (Wildman–Crippen MR) is 99.0 cm³/mol. The number of benzene rings is 2. The lowest BCUT2D eigenvalue weighted by Crippen LogP contribution is -2.30. The molecule has 1 unspecified atom stereocenters. The van der Waals surface area contributed by atoms with E-state index in [4.69, 9.17) is 39.5 Å². The summed E-state index contributed by atoms with van der Waals surface area (Å²) in [6, 6.07) is 9.65. The zero-order valence-electron chi connectivity index (χ0n) is 12.8. The highest BCUT2D eigenvalue weighted by Crippen LogP contribution is 2.27. The van der Waals surface area contributed by atoms with Crippen molar-refractivity contribution >= 4 is 45.7 Å². The van der Waals surface area contributed by atoms with Gasteiger partial charge in [-0.2, -0.15) is 0 Å². The monoisotopic (exact) mass is 398 g/mol. The second kappa shape index (κ2) is 7.62. The van der Waals surface area contributed by atoms with E-state index < -0.39 is 6.10 Å². The number of aliphatic hydroxyl groups excluding tert-OH is 1. The molecule has 1 N–H and O–H groups in total. The highest BCUT2D eigenvalue weighted by Gasteiger charge is 2.12. The first-order valence-corrected chi connectivity index (χ1v) is 8.48. The van der Waals surface area contributed by atoms with Gasteiger partial charge in [0.05, 0.1) is 28.8 Å². The molecule has 0 aliphatic carbocycles. The van der Waals surface area contributed by atoms with Crippen LogP contribution in [0.1, 0.15) is 0 Å². The zero-order chi connectivity index (χ0) is 18.0. The standard InChI is InChI=1S/C17H13Cl3N2O3/c18-10-2-4-16(14(20)5-10)25-8-12(23)7-22-9-21-15-6-11(19)1-3-13(15)17(22)24/h1-6,9,12,23H,7-8H2. The summed E-state index contributed by atoms with van der Waals surface area (Å²) in [5.41, 5.74) is 0.248. The Bertz CT molecular complexity index is 975. The van der Waals surface area contributed by atoms with Crippen molar-refractivity contribution in [3.63, 3.8) is 0 Å². The highest BCUT2D eigenvalue weighted by atomic mass is 35.5. The molecule has 0 fully saturated rings. The number of halogens is 3. The maximum absolute atomic E-state index is 12.4. The van der Waals surface area contributed by atoms with Crippen LogP contribution in [-0.2, 0) is 6.54 Å². The van der Waals surface area contributed by atoms with E-state index in [1.165, 1.54) is 10.9 Å². The van der Waals surface area contributed by atoms with Gasteiger partial charge in [-0.15, -0.1) is 0 Å². The molecular weight excluding hydrogens is 387 g/mol. The summed E-state index contributed by atoms with van der Waals surface area (Å²) >= 11 is 17.7. The van der Waals surface area contributed by atoms with Crippen LogP contribution in [0, 0.1) is 0 Å². The van der Waals surface area contributed by atoms with E-state index in [2.05, 4.69) is 4.98 Å². The van der Waals surface area contributed by atoms with Crippen molar-refractivity contribution in [2.24, 2.45) is 0 Å². The summed E-state index contributed by atoms with van der Waals surface area (Å²) in [5, 5.41) is 11.9. The van der Waals surface area contributed by atoms with Crippen molar-refractivity contribution in [3.8, 4) is 5.75 Å². The first-order valence-electron chi connectivity index (χ1n) is 7.34. The van der Waals surface area contributed by atoms with E-state index in [0.717, 1.165) is 0 Å². The third kappa shape index (κ3) is 4.25. The fourth-order valence-electron chi connectivity index (χ4n) is 2.32. The van der Waals surface area contributed by atoms with E-state index in [-0.39, 0.29) is 18.7 Å². The average molecular weight is 400 g/mol. The van der Waals surface area contributed by atoms with Gasteiger partial charge in [-0.05, 0) is 36.4 Å². The lowest BCUT2D eigenvalue weighted by molar-refractivity contribution is 0.0915. The number of hydrogen-bond donors (Lipinski definition) is 1. The van der Waals surface area contributed by atoms with Gasteiger partial charge in [-0.1, -0.05) is 34.8 Å². The summed E-state index contributed by atoms with van der Waals surface area (Å²) in [4.78, 5) is 16.6. The van der Waals surface area contributed by atoms with Crippen molar-refractivity contribution in [1.82, 2.24) is 9.55 Å². The van der Waals surface area contributed by atoms with Crippen LogP contribution in [0.4, 0.5) is 0 Å². The number of aliphatic hydroxyl groups is 1. The summed E-state index contributed by atoms with van der Waals surface area (Å²) in [6.07, 6.45) is 0.454. The lowest BCUT2D eigenvalue weighted by Gasteiger charge is -2.15. The van der Waals surface area contributed by atoms with Crippen molar-refractivity contribution in [2.75, 3.05) is 6.61 Å². The Labute approximate surface area is 158 Å². The number of nitrogens with zero attached hydrogens (tertiary/aromatic N) is 2. The molecule has 3 rings (SSSR count). The van der Waals surface area contributed by atoms with Crippen molar-refractivity contribution in [1.29, 1.82) is 0 Å². The van der Waals surface area contributed by atoms with Crippen LogP contribution in [0.3, 0.4) is 0 Å².